The summed E-state index contributed by atoms with van der Waals surface area (Å²) < 4.78 is 11.6. The average molecular weight is 531 g/mol. The van der Waals surface area contributed by atoms with Gasteiger partial charge in [0.1, 0.15) is 24.5 Å². The quantitative estimate of drug-likeness (QED) is 0.227. The Labute approximate surface area is 204 Å². The van der Waals surface area contributed by atoms with E-state index in [2.05, 4.69) is 31.8 Å². The van der Waals surface area contributed by atoms with Crippen LogP contribution in [0.3, 0.4) is 0 Å². The molecule has 0 aliphatic heterocycles. The number of carbonyl (C=O) groups excluding carboxylic acids is 2. The molecule has 0 spiro atoms. The molecule has 0 fully saturated rings. The van der Waals surface area contributed by atoms with Crippen LogP contribution < -0.4 is 20.2 Å². The van der Waals surface area contributed by atoms with Crippen molar-refractivity contribution in [3.8, 4) is 11.5 Å². The number of methoxy groups -OCH3 is 1. The third kappa shape index (κ3) is 7.93. The molecule has 0 heterocycles. The number of halogens is 2. The van der Waals surface area contributed by atoms with Crippen molar-refractivity contribution in [2.45, 2.75) is 13.0 Å². The van der Waals surface area contributed by atoms with E-state index in [1.54, 1.807) is 43.5 Å². The molecule has 170 valence electrons. The number of nitrogens with one attached hydrogen (secondary N) is 2. The lowest BCUT2D eigenvalue weighted by Gasteiger charge is -2.09. The number of benzene rings is 3. The molecular weight excluding hydrogens is 510 g/mol. The van der Waals surface area contributed by atoms with Gasteiger partial charge in [-0.1, -0.05) is 23.7 Å². The van der Waals surface area contributed by atoms with E-state index in [9.17, 15) is 9.59 Å². The molecule has 0 aromatic heterocycles. The lowest BCUT2D eigenvalue weighted by atomic mass is 10.2. The Balaban J connectivity index is 1.45. The number of rotatable bonds is 9. The van der Waals surface area contributed by atoms with Crippen molar-refractivity contribution in [2.24, 2.45) is 5.10 Å². The highest BCUT2D eigenvalue weighted by molar-refractivity contribution is 9.10. The van der Waals surface area contributed by atoms with Gasteiger partial charge in [-0.2, -0.15) is 5.10 Å². The summed E-state index contributed by atoms with van der Waals surface area (Å²) in [4.78, 5) is 23.9. The second-order valence-electron chi connectivity index (χ2n) is 6.85. The van der Waals surface area contributed by atoms with Gasteiger partial charge in [-0.15, -0.1) is 0 Å². The molecule has 3 rings (SSSR count). The fraction of sp³-hybridized carbons (Fsp3) is 0.125. The predicted molar refractivity (Wildman–Crippen MR) is 132 cm³/mol. The van der Waals surface area contributed by atoms with Crippen LogP contribution >= 0.6 is 27.5 Å². The van der Waals surface area contributed by atoms with E-state index in [0.29, 0.717) is 28.8 Å². The van der Waals surface area contributed by atoms with Crippen LogP contribution in [0.15, 0.2) is 76.3 Å². The zero-order chi connectivity index (χ0) is 23.6. The summed E-state index contributed by atoms with van der Waals surface area (Å²) in [6, 6.07) is 19.6. The Hall–Kier alpha value is -3.36. The van der Waals surface area contributed by atoms with E-state index < -0.39 is 11.8 Å². The van der Waals surface area contributed by atoms with Crippen molar-refractivity contribution in [1.82, 2.24) is 5.43 Å². The highest BCUT2D eigenvalue weighted by Gasteiger charge is 2.09. The molecule has 0 radical (unpaired) electrons. The molecule has 0 aliphatic rings. The van der Waals surface area contributed by atoms with Crippen molar-refractivity contribution in [2.75, 3.05) is 12.4 Å². The molecule has 2 N–H and O–H groups in total. The summed E-state index contributed by atoms with van der Waals surface area (Å²) in [5.41, 5.74) is 4.65. The summed E-state index contributed by atoms with van der Waals surface area (Å²) >= 11 is 9.36. The first-order chi connectivity index (χ1) is 15.9. The minimum absolute atomic E-state index is 0.357. The average Bonchev–Trinajstić information content (AvgIpc) is 2.80. The summed E-state index contributed by atoms with van der Waals surface area (Å²) in [6.07, 6.45) is 1.12. The topological polar surface area (TPSA) is 89.0 Å². The molecule has 0 bridgehead atoms. The summed E-state index contributed by atoms with van der Waals surface area (Å²) in [5, 5.41) is 7.21. The molecule has 0 saturated carbocycles. The predicted octanol–water partition coefficient (Wildman–Crippen LogP) is 5.17. The van der Waals surface area contributed by atoms with Gasteiger partial charge in [0.15, 0.2) is 0 Å². The van der Waals surface area contributed by atoms with Crippen molar-refractivity contribution < 1.29 is 19.1 Å². The van der Waals surface area contributed by atoms with Crippen LogP contribution in [-0.2, 0) is 16.2 Å². The number of anilines is 1. The second kappa shape index (κ2) is 12.0. The fourth-order valence-corrected chi connectivity index (χ4v) is 3.34. The molecule has 0 atom stereocenters. The van der Waals surface area contributed by atoms with E-state index in [4.69, 9.17) is 21.1 Å². The van der Waals surface area contributed by atoms with Crippen LogP contribution in [-0.4, -0.2) is 25.1 Å². The number of hydrazone groups is 1. The third-order valence-corrected chi connectivity index (χ3v) is 5.23. The van der Waals surface area contributed by atoms with Crippen molar-refractivity contribution in [3.05, 3.63) is 87.4 Å². The molecule has 0 unspecified atom stereocenters. The number of hydrogen-bond acceptors (Lipinski definition) is 5. The monoisotopic (exact) mass is 529 g/mol. The maximum atomic E-state index is 12.0. The smallest absolute Gasteiger partial charge is 0.249 e. The van der Waals surface area contributed by atoms with Crippen molar-refractivity contribution in [1.29, 1.82) is 0 Å². The Kier molecular flexibility index (Phi) is 8.86. The zero-order valence-corrected chi connectivity index (χ0v) is 20.0. The minimum Gasteiger partial charge on any atom is -0.497 e. The number of hydrogen-bond donors (Lipinski definition) is 2. The van der Waals surface area contributed by atoms with Crippen molar-refractivity contribution in [3.63, 3.8) is 0 Å². The molecule has 0 aliphatic carbocycles. The normalized spacial score (nSPS) is 10.6. The molecule has 7 nitrogen and oxygen atoms in total. The van der Waals surface area contributed by atoms with Crippen LogP contribution in [0.5, 0.6) is 11.5 Å². The van der Waals surface area contributed by atoms with E-state index in [1.807, 2.05) is 30.3 Å². The molecule has 9 heteroatoms. The van der Waals surface area contributed by atoms with Crippen LogP contribution in [0, 0.1) is 0 Å². The van der Waals surface area contributed by atoms with Crippen LogP contribution in [0.1, 0.15) is 17.5 Å². The van der Waals surface area contributed by atoms with Gasteiger partial charge >= 0.3 is 0 Å². The SMILES string of the molecule is COc1ccc(NC(=O)CC(=O)NN=Cc2ccc(OCc3ccc(Cl)cc3)c(Br)c2)cc1. The van der Waals surface area contributed by atoms with Crippen molar-refractivity contribution >= 4 is 51.2 Å². The highest BCUT2D eigenvalue weighted by Crippen LogP contribution is 2.26. The van der Waals surface area contributed by atoms with E-state index >= 15 is 0 Å². The first kappa shape index (κ1) is 24.3. The molecular formula is C24H21BrClN3O4. The van der Waals surface area contributed by atoms with Gasteiger partial charge in [-0.3, -0.25) is 9.59 Å². The number of ether oxygens (including phenoxy) is 2. The standard InChI is InChI=1S/C24H21BrClN3O4/c1-32-20-9-7-19(8-10-20)28-23(30)13-24(31)29-27-14-17-4-11-22(21(25)12-17)33-15-16-2-5-18(26)6-3-16/h2-12,14H,13,15H2,1H3,(H,28,30)(H,29,31). The largest absolute Gasteiger partial charge is 0.497 e. The van der Waals surface area contributed by atoms with E-state index in [1.165, 1.54) is 6.21 Å². The Morgan fingerprint density at radius 3 is 2.42 bits per heavy atom. The van der Waals surface area contributed by atoms with Gasteiger partial charge in [-0.05, 0) is 81.7 Å². The summed E-state index contributed by atoms with van der Waals surface area (Å²) in [7, 11) is 1.56. The lowest BCUT2D eigenvalue weighted by molar-refractivity contribution is -0.126. The zero-order valence-electron chi connectivity index (χ0n) is 17.7. The van der Waals surface area contributed by atoms with Crippen LogP contribution in [0.25, 0.3) is 0 Å². The Morgan fingerprint density at radius 2 is 1.76 bits per heavy atom. The van der Waals surface area contributed by atoms with Crippen LogP contribution in [0.4, 0.5) is 5.69 Å². The Bertz CT molecular complexity index is 1140. The highest BCUT2D eigenvalue weighted by atomic mass is 79.9. The lowest BCUT2D eigenvalue weighted by Crippen LogP contribution is -2.24. The number of amides is 2. The van der Waals surface area contributed by atoms with E-state index in [0.717, 1.165) is 15.6 Å². The first-order valence-electron chi connectivity index (χ1n) is 9.85. The molecule has 2 amide bonds. The van der Waals surface area contributed by atoms with Gasteiger partial charge in [0.25, 0.3) is 0 Å². The molecule has 3 aromatic rings. The number of nitrogens with zero attached hydrogens (tertiary/aromatic N) is 1. The third-order valence-electron chi connectivity index (χ3n) is 4.36. The maximum Gasteiger partial charge on any atom is 0.249 e. The van der Waals surface area contributed by atoms with E-state index in [-0.39, 0.29) is 6.42 Å². The molecule has 33 heavy (non-hydrogen) atoms. The van der Waals surface area contributed by atoms with Gasteiger partial charge in [-0.25, -0.2) is 5.43 Å². The molecule has 3 aromatic carbocycles. The first-order valence-corrected chi connectivity index (χ1v) is 11.0. The summed E-state index contributed by atoms with van der Waals surface area (Å²) in [6.45, 7) is 0.401. The minimum atomic E-state index is -0.528. The van der Waals surface area contributed by atoms with Gasteiger partial charge in [0.05, 0.1) is 17.8 Å². The van der Waals surface area contributed by atoms with Gasteiger partial charge in [0, 0.05) is 10.7 Å². The maximum absolute atomic E-state index is 12.0. The van der Waals surface area contributed by atoms with Gasteiger partial charge < -0.3 is 14.8 Å². The van der Waals surface area contributed by atoms with Crippen LogP contribution in [0.2, 0.25) is 5.02 Å². The summed E-state index contributed by atoms with van der Waals surface area (Å²) in [5.74, 6) is 0.367. The molecule has 0 saturated heterocycles. The Morgan fingerprint density at radius 1 is 1.03 bits per heavy atom. The van der Waals surface area contributed by atoms with Gasteiger partial charge in [0.2, 0.25) is 11.8 Å². The fourth-order valence-electron chi connectivity index (χ4n) is 2.70. The second-order valence-corrected chi connectivity index (χ2v) is 8.14. The number of carbonyl (C=O) groups is 2.